The first kappa shape index (κ1) is 8.30. The van der Waals surface area contributed by atoms with Crippen LogP contribution in [0.2, 0.25) is 0 Å². The van der Waals surface area contributed by atoms with Gasteiger partial charge in [-0.3, -0.25) is 4.79 Å². The fraction of sp³-hybridized carbons (Fsp3) is 0.125. The molecule has 0 bridgehead atoms. The van der Waals surface area contributed by atoms with Crippen molar-refractivity contribution in [3.8, 4) is 0 Å². The lowest BCUT2D eigenvalue weighted by molar-refractivity contribution is 0.109. The first-order valence-corrected chi connectivity index (χ1v) is 3.71. The molecule has 0 aromatic heterocycles. The van der Waals surface area contributed by atoms with Crippen LogP contribution in [0.25, 0.3) is 0 Å². The molecule has 0 spiro atoms. The van der Waals surface area contributed by atoms with Gasteiger partial charge in [0.25, 0.3) is 0 Å². The maximum atomic E-state index is 10.8. The Morgan fingerprint density at radius 3 is 2.55 bits per heavy atom. The lowest BCUT2D eigenvalue weighted by Gasteiger charge is -2.00. The third-order valence-corrected chi connectivity index (χ3v) is 1.71. The van der Waals surface area contributed by atoms with Crippen LogP contribution in [0.15, 0.2) is 24.3 Å². The van der Waals surface area contributed by atoms with E-state index in [1.54, 1.807) is 12.1 Å². The standard InChI is InChI=1S/C8H9NOS/c9-5-6-3-1-2-4-7(6)8(10)11/h1-4H,5,9H2,(H,10,11). The van der Waals surface area contributed by atoms with Crippen molar-refractivity contribution in [3.05, 3.63) is 35.4 Å². The molecule has 0 aliphatic heterocycles. The zero-order valence-corrected chi connectivity index (χ0v) is 6.84. The highest BCUT2D eigenvalue weighted by molar-refractivity contribution is 7.97. The van der Waals surface area contributed by atoms with Crippen molar-refractivity contribution in [1.29, 1.82) is 0 Å². The Hall–Kier alpha value is -0.800. The average molecular weight is 167 g/mol. The third kappa shape index (κ3) is 1.82. The first-order chi connectivity index (χ1) is 5.25. The van der Waals surface area contributed by atoms with Crippen LogP contribution in [0.5, 0.6) is 0 Å². The van der Waals surface area contributed by atoms with Gasteiger partial charge < -0.3 is 5.73 Å². The maximum absolute atomic E-state index is 10.8. The number of thiol groups is 1. The number of rotatable bonds is 2. The summed E-state index contributed by atoms with van der Waals surface area (Å²) in [5, 5.41) is -0.231. The van der Waals surface area contributed by atoms with Gasteiger partial charge in [-0.1, -0.05) is 24.3 Å². The summed E-state index contributed by atoms with van der Waals surface area (Å²) in [5.41, 5.74) is 6.84. The van der Waals surface area contributed by atoms with Crippen LogP contribution in [0.1, 0.15) is 15.9 Å². The summed E-state index contributed by atoms with van der Waals surface area (Å²) in [4.78, 5) is 10.8. The van der Waals surface area contributed by atoms with Gasteiger partial charge in [-0.25, -0.2) is 0 Å². The van der Waals surface area contributed by atoms with Crippen LogP contribution in [0.4, 0.5) is 0 Å². The van der Waals surface area contributed by atoms with Crippen molar-refractivity contribution in [2.75, 3.05) is 0 Å². The number of carbonyl (C=O) groups excluding carboxylic acids is 1. The van der Waals surface area contributed by atoms with E-state index in [0.29, 0.717) is 12.1 Å². The predicted molar refractivity (Wildman–Crippen MR) is 47.6 cm³/mol. The second-order valence-electron chi connectivity index (χ2n) is 2.17. The van der Waals surface area contributed by atoms with E-state index in [1.165, 1.54) is 0 Å². The molecule has 58 valence electrons. The fourth-order valence-electron chi connectivity index (χ4n) is 0.907. The summed E-state index contributed by atoms with van der Waals surface area (Å²) in [6, 6.07) is 7.19. The molecule has 0 saturated carbocycles. The Bertz CT molecular complexity index is 273. The van der Waals surface area contributed by atoms with Crippen LogP contribution in [-0.2, 0) is 6.54 Å². The smallest absolute Gasteiger partial charge is 0.216 e. The van der Waals surface area contributed by atoms with Gasteiger partial charge >= 0.3 is 0 Å². The molecule has 2 nitrogen and oxygen atoms in total. The third-order valence-electron chi connectivity index (χ3n) is 1.47. The molecule has 1 rings (SSSR count). The highest BCUT2D eigenvalue weighted by Crippen LogP contribution is 2.09. The molecule has 0 radical (unpaired) electrons. The van der Waals surface area contributed by atoms with E-state index in [0.717, 1.165) is 5.56 Å². The van der Waals surface area contributed by atoms with Gasteiger partial charge in [0.2, 0.25) is 5.12 Å². The zero-order valence-electron chi connectivity index (χ0n) is 5.95. The molecular formula is C8H9NOS. The Morgan fingerprint density at radius 1 is 1.45 bits per heavy atom. The molecule has 2 N–H and O–H groups in total. The summed E-state index contributed by atoms with van der Waals surface area (Å²) >= 11 is 3.72. The van der Waals surface area contributed by atoms with Gasteiger partial charge in [0.15, 0.2) is 0 Å². The van der Waals surface area contributed by atoms with E-state index in [-0.39, 0.29) is 5.12 Å². The van der Waals surface area contributed by atoms with Crippen LogP contribution in [-0.4, -0.2) is 5.12 Å². The second kappa shape index (κ2) is 3.55. The number of hydrogen-bond acceptors (Lipinski definition) is 2. The molecular weight excluding hydrogens is 158 g/mol. The Balaban J connectivity index is 3.12. The van der Waals surface area contributed by atoms with E-state index in [4.69, 9.17) is 5.73 Å². The number of benzene rings is 1. The van der Waals surface area contributed by atoms with Crippen molar-refractivity contribution in [3.63, 3.8) is 0 Å². The fourth-order valence-corrected chi connectivity index (χ4v) is 1.13. The van der Waals surface area contributed by atoms with E-state index < -0.39 is 0 Å². The Kier molecular flexibility index (Phi) is 2.68. The first-order valence-electron chi connectivity index (χ1n) is 3.27. The van der Waals surface area contributed by atoms with Crippen LogP contribution in [0, 0.1) is 0 Å². The lowest BCUT2D eigenvalue weighted by Crippen LogP contribution is -2.02. The average Bonchev–Trinajstić information content (AvgIpc) is 2.04. The van der Waals surface area contributed by atoms with Gasteiger partial charge in [-0.15, -0.1) is 12.6 Å². The molecule has 0 aliphatic carbocycles. The Morgan fingerprint density at radius 2 is 2.09 bits per heavy atom. The quantitative estimate of drug-likeness (QED) is 0.650. The highest BCUT2D eigenvalue weighted by Gasteiger charge is 2.03. The van der Waals surface area contributed by atoms with Crippen molar-refractivity contribution >= 4 is 17.7 Å². The molecule has 0 aliphatic rings. The van der Waals surface area contributed by atoms with Crippen molar-refractivity contribution in [2.24, 2.45) is 5.73 Å². The van der Waals surface area contributed by atoms with Gasteiger partial charge in [-0.2, -0.15) is 0 Å². The van der Waals surface area contributed by atoms with E-state index in [9.17, 15) is 4.79 Å². The number of hydrogen-bond donors (Lipinski definition) is 2. The molecule has 3 heteroatoms. The summed E-state index contributed by atoms with van der Waals surface area (Å²) < 4.78 is 0. The van der Waals surface area contributed by atoms with Crippen molar-refractivity contribution in [1.82, 2.24) is 0 Å². The molecule has 0 saturated heterocycles. The molecule has 0 heterocycles. The minimum absolute atomic E-state index is 0.231. The topological polar surface area (TPSA) is 43.1 Å². The normalized spacial score (nSPS) is 9.64. The molecule has 11 heavy (non-hydrogen) atoms. The van der Waals surface area contributed by atoms with Crippen molar-refractivity contribution in [2.45, 2.75) is 6.54 Å². The minimum Gasteiger partial charge on any atom is -0.326 e. The molecule has 1 aromatic carbocycles. The van der Waals surface area contributed by atoms with Gasteiger partial charge in [-0.05, 0) is 5.56 Å². The summed E-state index contributed by atoms with van der Waals surface area (Å²) in [6.07, 6.45) is 0. The summed E-state index contributed by atoms with van der Waals surface area (Å²) in [7, 11) is 0. The van der Waals surface area contributed by atoms with Crippen LogP contribution >= 0.6 is 12.6 Å². The number of nitrogens with two attached hydrogens (primary N) is 1. The van der Waals surface area contributed by atoms with Gasteiger partial charge in [0.05, 0.1) is 0 Å². The largest absolute Gasteiger partial charge is 0.326 e. The van der Waals surface area contributed by atoms with Crippen LogP contribution < -0.4 is 5.73 Å². The van der Waals surface area contributed by atoms with Gasteiger partial charge in [0.1, 0.15) is 0 Å². The molecule has 0 unspecified atom stereocenters. The molecule has 0 atom stereocenters. The van der Waals surface area contributed by atoms with Crippen LogP contribution in [0.3, 0.4) is 0 Å². The summed E-state index contributed by atoms with van der Waals surface area (Å²) in [5.74, 6) is 0. The Labute approximate surface area is 70.8 Å². The lowest BCUT2D eigenvalue weighted by atomic mass is 10.1. The van der Waals surface area contributed by atoms with Crippen molar-refractivity contribution < 1.29 is 4.79 Å². The summed E-state index contributed by atoms with van der Waals surface area (Å²) in [6.45, 7) is 0.377. The minimum atomic E-state index is -0.231. The van der Waals surface area contributed by atoms with E-state index in [1.807, 2.05) is 12.1 Å². The van der Waals surface area contributed by atoms with E-state index in [2.05, 4.69) is 12.6 Å². The molecule has 0 amide bonds. The monoisotopic (exact) mass is 167 g/mol. The zero-order chi connectivity index (χ0) is 8.27. The van der Waals surface area contributed by atoms with Gasteiger partial charge in [0, 0.05) is 12.1 Å². The predicted octanol–water partition coefficient (Wildman–Crippen LogP) is 1.22. The SMILES string of the molecule is NCc1ccccc1C(=O)S. The van der Waals surface area contributed by atoms with E-state index >= 15 is 0 Å². The highest BCUT2D eigenvalue weighted by atomic mass is 32.1. The maximum Gasteiger partial charge on any atom is 0.216 e. The molecule has 0 fully saturated rings. The molecule has 1 aromatic rings. The second-order valence-corrected chi connectivity index (χ2v) is 2.57. The number of carbonyl (C=O) groups is 1.